The predicted molar refractivity (Wildman–Crippen MR) is 81.0 cm³/mol. The average Bonchev–Trinajstić information content (AvgIpc) is 3.05. The monoisotopic (exact) mass is 303 g/mol. The number of hydrogen-bond acceptors (Lipinski definition) is 5. The van der Waals surface area contributed by atoms with Crippen molar-refractivity contribution in [3.05, 3.63) is 57.8 Å². The molecule has 1 atom stereocenters. The lowest BCUT2D eigenvalue weighted by atomic mass is 9.85. The van der Waals surface area contributed by atoms with Crippen molar-refractivity contribution in [3.8, 4) is 0 Å². The van der Waals surface area contributed by atoms with Crippen molar-refractivity contribution in [3.63, 3.8) is 0 Å². The van der Waals surface area contributed by atoms with Crippen LogP contribution in [0.3, 0.4) is 0 Å². The molecule has 0 fully saturated rings. The van der Waals surface area contributed by atoms with Crippen LogP contribution in [0.4, 0.5) is 0 Å². The maximum atomic E-state index is 12.4. The second-order valence-corrected chi connectivity index (χ2v) is 6.01. The number of methoxy groups -OCH3 is 1. The summed E-state index contributed by atoms with van der Waals surface area (Å²) in [5.41, 5.74) is 1.03. The van der Waals surface area contributed by atoms with E-state index in [9.17, 15) is 4.79 Å². The summed E-state index contributed by atoms with van der Waals surface area (Å²) < 4.78 is 10.7. The average molecular weight is 303 g/mol. The molecule has 2 aromatic rings. The summed E-state index contributed by atoms with van der Waals surface area (Å²) in [5, 5.41) is 5.38. The number of nitrogens with one attached hydrogen (secondary N) is 1. The van der Waals surface area contributed by atoms with Crippen LogP contribution in [0.2, 0.25) is 0 Å². The number of esters is 1. The summed E-state index contributed by atoms with van der Waals surface area (Å²) in [5.74, 6) is -0.314. The number of rotatable bonds is 4. The molecule has 1 aromatic heterocycles. The van der Waals surface area contributed by atoms with Gasteiger partial charge < -0.3 is 9.47 Å². The number of thiophene rings is 1. The maximum Gasteiger partial charge on any atom is 0.333 e. The van der Waals surface area contributed by atoms with Gasteiger partial charge in [0.15, 0.2) is 5.54 Å². The molecule has 1 unspecified atom stereocenters. The normalized spacial score (nSPS) is 20.8. The van der Waals surface area contributed by atoms with Gasteiger partial charge in [0.05, 0.1) is 20.3 Å². The Morgan fingerprint density at radius 1 is 1.38 bits per heavy atom. The van der Waals surface area contributed by atoms with Gasteiger partial charge in [-0.2, -0.15) is 0 Å². The highest BCUT2D eigenvalue weighted by Gasteiger charge is 2.45. The molecule has 0 aliphatic carbocycles. The van der Waals surface area contributed by atoms with E-state index < -0.39 is 5.54 Å². The molecule has 110 valence electrons. The van der Waals surface area contributed by atoms with Crippen molar-refractivity contribution in [2.45, 2.75) is 18.7 Å². The van der Waals surface area contributed by atoms with Crippen molar-refractivity contribution in [1.82, 2.24) is 5.32 Å². The zero-order chi connectivity index (χ0) is 14.7. The van der Waals surface area contributed by atoms with Crippen LogP contribution in [0.5, 0.6) is 0 Å². The molecule has 5 heteroatoms. The molecule has 0 radical (unpaired) electrons. The molecule has 0 saturated carbocycles. The van der Waals surface area contributed by atoms with Crippen LogP contribution in [0.25, 0.3) is 0 Å². The summed E-state index contributed by atoms with van der Waals surface area (Å²) in [4.78, 5) is 13.6. The van der Waals surface area contributed by atoms with E-state index in [1.54, 1.807) is 11.3 Å². The van der Waals surface area contributed by atoms with Gasteiger partial charge in [0, 0.05) is 11.4 Å². The summed E-state index contributed by atoms with van der Waals surface area (Å²) in [6.07, 6.45) is 0. The van der Waals surface area contributed by atoms with Gasteiger partial charge in [-0.25, -0.2) is 4.79 Å². The van der Waals surface area contributed by atoms with Crippen LogP contribution in [-0.4, -0.2) is 19.7 Å². The van der Waals surface area contributed by atoms with Crippen LogP contribution in [0.1, 0.15) is 16.0 Å². The Kier molecular flexibility index (Phi) is 4.05. The van der Waals surface area contributed by atoms with Gasteiger partial charge in [-0.15, -0.1) is 11.3 Å². The van der Waals surface area contributed by atoms with Gasteiger partial charge in [-0.05, 0) is 22.6 Å². The molecule has 1 N–H and O–H groups in total. The zero-order valence-electron chi connectivity index (χ0n) is 11.8. The second kappa shape index (κ2) is 5.97. The maximum absolute atomic E-state index is 12.4. The topological polar surface area (TPSA) is 47.6 Å². The van der Waals surface area contributed by atoms with Gasteiger partial charge in [-0.3, -0.25) is 5.32 Å². The highest BCUT2D eigenvalue weighted by atomic mass is 32.1. The Morgan fingerprint density at radius 2 is 2.24 bits per heavy atom. The smallest absolute Gasteiger partial charge is 0.333 e. The van der Waals surface area contributed by atoms with Crippen molar-refractivity contribution in [2.75, 3.05) is 13.7 Å². The van der Waals surface area contributed by atoms with Crippen molar-refractivity contribution in [2.24, 2.45) is 0 Å². The fraction of sp³-hybridized carbons (Fsp3) is 0.312. The number of carbonyl (C=O) groups is 1. The fourth-order valence-electron chi connectivity index (χ4n) is 2.67. The van der Waals surface area contributed by atoms with Gasteiger partial charge in [0.1, 0.15) is 0 Å². The Labute approximate surface area is 127 Å². The van der Waals surface area contributed by atoms with E-state index >= 15 is 0 Å². The summed E-state index contributed by atoms with van der Waals surface area (Å²) in [6.45, 7) is 1.40. The van der Waals surface area contributed by atoms with Gasteiger partial charge in [0.2, 0.25) is 0 Å². The number of benzene rings is 1. The largest absolute Gasteiger partial charge is 0.467 e. The quantitative estimate of drug-likeness (QED) is 0.881. The third-order valence-corrected chi connectivity index (χ3v) is 4.61. The first-order chi connectivity index (χ1) is 10.3. The molecule has 0 bridgehead atoms. The molecule has 1 aliphatic heterocycles. The minimum Gasteiger partial charge on any atom is -0.467 e. The van der Waals surface area contributed by atoms with Gasteiger partial charge >= 0.3 is 5.97 Å². The van der Waals surface area contributed by atoms with Gasteiger partial charge in [0.25, 0.3) is 0 Å². The lowest BCUT2D eigenvalue weighted by molar-refractivity contribution is -0.154. The Balaban J connectivity index is 1.96. The van der Waals surface area contributed by atoms with Crippen molar-refractivity contribution < 1.29 is 14.3 Å². The zero-order valence-corrected chi connectivity index (χ0v) is 12.6. The van der Waals surface area contributed by atoms with Crippen LogP contribution in [0.15, 0.2) is 41.8 Å². The number of fused-ring (bicyclic) bond motifs is 1. The molecular formula is C16H17NO3S. The third kappa shape index (κ3) is 2.60. The molecule has 0 saturated heterocycles. The second-order valence-electron chi connectivity index (χ2n) is 4.98. The SMILES string of the molecule is COC(=O)C1(NCc2cccs2)COCc2ccccc21. The van der Waals surface area contributed by atoms with Crippen LogP contribution >= 0.6 is 11.3 Å². The standard InChI is InChI=1S/C16H17NO3S/c1-19-15(18)16(17-9-13-6-4-8-21-13)11-20-10-12-5-2-3-7-14(12)16/h2-8,17H,9-11H2,1H3. The molecular weight excluding hydrogens is 286 g/mol. The molecule has 0 amide bonds. The summed E-state index contributed by atoms with van der Waals surface area (Å²) >= 11 is 1.66. The molecule has 0 spiro atoms. The van der Waals surface area contributed by atoms with Crippen LogP contribution in [0, 0.1) is 0 Å². The third-order valence-electron chi connectivity index (χ3n) is 3.73. The molecule has 1 aliphatic rings. The van der Waals surface area contributed by atoms with E-state index in [4.69, 9.17) is 9.47 Å². The Morgan fingerprint density at radius 3 is 3.00 bits per heavy atom. The first-order valence-electron chi connectivity index (χ1n) is 6.78. The van der Waals surface area contributed by atoms with Crippen LogP contribution < -0.4 is 5.32 Å². The Bertz CT molecular complexity index is 626. The molecule has 21 heavy (non-hydrogen) atoms. The van der Waals surface area contributed by atoms with E-state index in [0.29, 0.717) is 13.2 Å². The highest BCUT2D eigenvalue weighted by Crippen LogP contribution is 2.32. The van der Waals surface area contributed by atoms with Crippen molar-refractivity contribution in [1.29, 1.82) is 0 Å². The van der Waals surface area contributed by atoms with E-state index in [2.05, 4.69) is 5.32 Å². The Hall–Kier alpha value is -1.69. The molecule has 2 heterocycles. The minimum absolute atomic E-state index is 0.280. The van der Waals surface area contributed by atoms with E-state index in [0.717, 1.165) is 11.1 Å². The minimum atomic E-state index is -0.937. The first kappa shape index (κ1) is 14.3. The van der Waals surface area contributed by atoms with E-state index in [1.807, 2.05) is 41.8 Å². The number of carbonyl (C=O) groups excluding carboxylic acids is 1. The molecule has 1 aromatic carbocycles. The summed E-state index contributed by atoms with van der Waals surface area (Å²) in [6, 6.07) is 11.9. The predicted octanol–water partition coefficient (Wildman–Crippen LogP) is 2.44. The van der Waals surface area contributed by atoms with Crippen molar-refractivity contribution >= 4 is 17.3 Å². The lowest BCUT2D eigenvalue weighted by Crippen LogP contribution is -2.55. The molecule has 3 rings (SSSR count). The first-order valence-corrected chi connectivity index (χ1v) is 7.66. The summed E-state index contributed by atoms with van der Waals surface area (Å²) in [7, 11) is 1.41. The van der Waals surface area contributed by atoms with Gasteiger partial charge in [-0.1, -0.05) is 30.3 Å². The fourth-order valence-corrected chi connectivity index (χ4v) is 3.31. The number of hydrogen-bond donors (Lipinski definition) is 1. The van der Waals surface area contributed by atoms with E-state index in [1.165, 1.54) is 12.0 Å². The lowest BCUT2D eigenvalue weighted by Gasteiger charge is -2.37. The number of ether oxygens (including phenoxy) is 2. The van der Waals surface area contributed by atoms with E-state index in [-0.39, 0.29) is 12.6 Å². The van der Waals surface area contributed by atoms with Crippen LogP contribution in [-0.2, 0) is 33.0 Å². The highest BCUT2D eigenvalue weighted by molar-refractivity contribution is 7.09. The molecule has 4 nitrogen and oxygen atoms in total.